The van der Waals surface area contributed by atoms with E-state index in [9.17, 15) is 37.9 Å². The Bertz CT molecular complexity index is 1510. The summed E-state index contributed by atoms with van der Waals surface area (Å²) in [5.74, 6) is -6.18. The molecule has 4 heterocycles. The molecule has 3 aliphatic rings. The molecule has 0 saturated carbocycles. The first-order valence-electron chi connectivity index (χ1n) is 13.0. The maximum absolute atomic E-state index is 14.1. The van der Waals surface area contributed by atoms with Gasteiger partial charge in [0.05, 0.1) is 6.54 Å². The molecule has 1 aromatic heterocycles. The van der Waals surface area contributed by atoms with Gasteiger partial charge in [-0.25, -0.2) is 8.78 Å². The zero-order chi connectivity index (χ0) is 29.6. The molecule has 218 valence electrons. The molecule has 5 rings (SSSR count). The first-order chi connectivity index (χ1) is 19.4. The van der Waals surface area contributed by atoms with Crippen LogP contribution in [-0.2, 0) is 27.4 Å². The molecule has 1 aromatic carbocycles. The van der Waals surface area contributed by atoms with E-state index in [4.69, 9.17) is 9.47 Å². The number of ether oxygens (including phenoxy) is 2. The second kappa shape index (κ2) is 10.6. The number of nitrogens with zero attached hydrogens (tertiary/aromatic N) is 3. The van der Waals surface area contributed by atoms with Crippen molar-refractivity contribution in [3.8, 4) is 5.75 Å². The molecule has 2 saturated heterocycles. The van der Waals surface area contributed by atoms with E-state index >= 15 is 0 Å². The van der Waals surface area contributed by atoms with Gasteiger partial charge in [-0.15, -0.1) is 0 Å². The number of carboxylic acid groups (broad SMARTS) is 1. The van der Waals surface area contributed by atoms with Gasteiger partial charge in [0.1, 0.15) is 23.4 Å². The van der Waals surface area contributed by atoms with E-state index in [0.29, 0.717) is 12.6 Å². The van der Waals surface area contributed by atoms with Crippen molar-refractivity contribution in [2.75, 3.05) is 19.9 Å². The van der Waals surface area contributed by atoms with Crippen molar-refractivity contribution in [1.82, 2.24) is 19.7 Å². The highest BCUT2D eigenvalue weighted by atomic mass is 19.1. The fourth-order valence-corrected chi connectivity index (χ4v) is 5.35. The van der Waals surface area contributed by atoms with Crippen LogP contribution in [0.25, 0.3) is 0 Å². The second-order valence-electron chi connectivity index (χ2n) is 10.7. The van der Waals surface area contributed by atoms with E-state index in [2.05, 4.69) is 10.2 Å². The third-order valence-corrected chi connectivity index (χ3v) is 7.77. The van der Waals surface area contributed by atoms with Gasteiger partial charge in [-0.3, -0.25) is 28.9 Å². The van der Waals surface area contributed by atoms with Crippen molar-refractivity contribution in [1.29, 1.82) is 0 Å². The predicted octanol–water partition coefficient (Wildman–Crippen LogP) is 1.31. The van der Waals surface area contributed by atoms with Crippen LogP contribution in [0.3, 0.4) is 0 Å². The number of carbonyl (C=O) groups excluding carboxylic acids is 3. The number of fused-ring (bicyclic) bond motifs is 4. The molecule has 12 nitrogen and oxygen atoms in total. The summed E-state index contributed by atoms with van der Waals surface area (Å²) in [6, 6.07) is 3.02. The largest absolute Gasteiger partial charge is 0.480 e. The lowest BCUT2D eigenvalue weighted by Gasteiger charge is -2.36. The van der Waals surface area contributed by atoms with E-state index in [-0.39, 0.29) is 36.6 Å². The highest BCUT2D eigenvalue weighted by Gasteiger charge is 2.48. The lowest BCUT2D eigenvalue weighted by atomic mass is 9.94. The summed E-state index contributed by atoms with van der Waals surface area (Å²) in [4.78, 5) is 67.7. The quantitative estimate of drug-likeness (QED) is 0.271. The standard InChI is InChI=1S/C27H28F2N4O8/c1-27(2,25(37)38)26(39)41-13-40-22-20-24(36)33-10-16-4-3-7-32(16)19(33)12-31(20)11-17(21(22)34)23(35)30-9-14-5-6-15(28)8-18(14)29/h5-6,8,11,16,19H,3-4,7,9-10,12-13H2,1-2H3,(H,30,35)(H,37,38)/t16-,19+/m1/s1. The summed E-state index contributed by atoms with van der Waals surface area (Å²) in [7, 11) is 0. The summed E-state index contributed by atoms with van der Waals surface area (Å²) in [5, 5.41) is 11.7. The topological polar surface area (TPSA) is 147 Å². The summed E-state index contributed by atoms with van der Waals surface area (Å²) in [5.41, 5.74) is -3.45. The number of aromatic nitrogens is 1. The van der Waals surface area contributed by atoms with Gasteiger partial charge in [0.2, 0.25) is 18.0 Å². The van der Waals surface area contributed by atoms with Crippen LogP contribution >= 0.6 is 0 Å². The van der Waals surface area contributed by atoms with E-state index in [0.717, 1.165) is 45.4 Å². The third-order valence-electron chi connectivity index (χ3n) is 7.77. The molecule has 2 N–H and O–H groups in total. The maximum Gasteiger partial charge on any atom is 0.325 e. The summed E-state index contributed by atoms with van der Waals surface area (Å²) in [6.45, 7) is 2.50. The van der Waals surface area contributed by atoms with Crippen molar-refractivity contribution in [2.24, 2.45) is 5.41 Å². The van der Waals surface area contributed by atoms with E-state index in [1.807, 2.05) is 0 Å². The molecule has 2 amide bonds. The molecular formula is C27H28F2N4O8. The number of pyridine rings is 1. The Kier molecular flexibility index (Phi) is 7.28. The molecule has 0 spiro atoms. The van der Waals surface area contributed by atoms with Crippen LogP contribution in [0, 0.1) is 17.0 Å². The van der Waals surface area contributed by atoms with Crippen LogP contribution < -0.4 is 15.5 Å². The lowest BCUT2D eigenvalue weighted by molar-refractivity contribution is -0.170. The lowest BCUT2D eigenvalue weighted by Crippen LogP contribution is -2.51. The van der Waals surface area contributed by atoms with Crippen LogP contribution in [0.1, 0.15) is 53.1 Å². The van der Waals surface area contributed by atoms with Crippen molar-refractivity contribution < 1.29 is 42.5 Å². The Morgan fingerprint density at radius 1 is 1.17 bits per heavy atom. The van der Waals surface area contributed by atoms with Crippen LogP contribution in [0.15, 0.2) is 29.2 Å². The first-order valence-corrected chi connectivity index (χ1v) is 13.0. The molecule has 14 heteroatoms. The fourth-order valence-electron chi connectivity index (χ4n) is 5.35. The number of halogens is 2. The van der Waals surface area contributed by atoms with Crippen LogP contribution in [0.2, 0.25) is 0 Å². The van der Waals surface area contributed by atoms with E-state index in [1.165, 1.54) is 10.8 Å². The molecule has 2 aromatic rings. The number of esters is 1. The molecular weight excluding hydrogens is 546 g/mol. The molecule has 0 radical (unpaired) electrons. The minimum Gasteiger partial charge on any atom is -0.480 e. The Hall–Kier alpha value is -4.33. The second-order valence-corrected chi connectivity index (χ2v) is 10.7. The number of aliphatic carboxylic acids is 1. The van der Waals surface area contributed by atoms with Gasteiger partial charge in [-0.05, 0) is 32.8 Å². The summed E-state index contributed by atoms with van der Waals surface area (Å²) >= 11 is 0. The number of carboxylic acids is 1. The number of hydrogen-bond donors (Lipinski definition) is 2. The fraction of sp³-hybridized carbons (Fsp3) is 0.444. The Morgan fingerprint density at radius 3 is 2.63 bits per heavy atom. The summed E-state index contributed by atoms with van der Waals surface area (Å²) < 4.78 is 39.2. The van der Waals surface area contributed by atoms with Crippen molar-refractivity contribution in [2.45, 2.75) is 52.0 Å². The Labute approximate surface area is 232 Å². The van der Waals surface area contributed by atoms with Crippen LogP contribution in [0.5, 0.6) is 5.75 Å². The Balaban J connectivity index is 1.45. The Morgan fingerprint density at radius 2 is 1.93 bits per heavy atom. The number of hydrogen-bond acceptors (Lipinski definition) is 8. The smallest absolute Gasteiger partial charge is 0.325 e. The van der Waals surface area contributed by atoms with E-state index in [1.54, 1.807) is 4.90 Å². The average molecular weight is 575 g/mol. The van der Waals surface area contributed by atoms with Gasteiger partial charge in [0, 0.05) is 43.5 Å². The van der Waals surface area contributed by atoms with Crippen molar-refractivity contribution >= 4 is 23.8 Å². The van der Waals surface area contributed by atoms with Gasteiger partial charge in [0.25, 0.3) is 11.8 Å². The predicted molar refractivity (Wildman–Crippen MR) is 136 cm³/mol. The number of rotatable bonds is 8. The number of benzene rings is 1. The molecule has 41 heavy (non-hydrogen) atoms. The number of carbonyl (C=O) groups is 4. The van der Waals surface area contributed by atoms with Gasteiger partial charge < -0.3 is 29.4 Å². The average Bonchev–Trinajstić information content (AvgIpc) is 3.51. The molecule has 3 aliphatic heterocycles. The highest BCUT2D eigenvalue weighted by molar-refractivity contribution is 6.00. The highest BCUT2D eigenvalue weighted by Crippen LogP contribution is 2.35. The van der Waals surface area contributed by atoms with Gasteiger partial charge in [-0.1, -0.05) is 6.07 Å². The molecule has 2 atom stereocenters. The molecule has 0 unspecified atom stereocenters. The number of nitrogens with one attached hydrogen (secondary N) is 1. The van der Waals surface area contributed by atoms with Gasteiger partial charge in [-0.2, -0.15) is 0 Å². The van der Waals surface area contributed by atoms with Crippen LogP contribution in [0.4, 0.5) is 8.78 Å². The van der Waals surface area contributed by atoms with Crippen LogP contribution in [-0.4, -0.2) is 75.3 Å². The molecule has 2 fully saturated rings. The molecule has 0 bridgehead atoms. The monoisotopic (exact) mass is 574 g/mol. The molecule has 0 aliphatic carbocycles. The normalized spacial score (nSPS) is 19.8. The zero-order valence-corrected chi connectivity index (χ0v) is 22.3. The summed E-state index contributed by atoms with van der Waals surface area (Å²) in [6.07, 6.45) is 2.84. The van der Waals surface area contributed by atoms with Crippen molar-refractivity contribution in [3.05, 3.63) is 63.1 Å². The first kappa shape index (κ1) is 28.2. The maximum atomic E-state index is 14.1. The van der Waals surface area contributed by atoms with Gasteiger partial charge in [0.15, 0.2) is 11.1 Å². The SMILES string of the molecule is CC(C)(C(=O)O)C(=O)OCOc1c2n(cc(C(=O)NCc3ccc(F)cc3F)c1=O)C[C@@H]1N(C[C@H]3CCCN31)C2=O. The zero-order valence-electron chi connectivity index (χ0n) is 22.3. The van der Waals surface area contributed by atoms with Crippen molar-refractivity contribution in [3.63, 3.8) is 0 Å². The van der Waals surface area contributed by atoms with E-state index < -0.39 is 64.3 Å². The minimum absolute atomic E-state index is 0.0147. The number of amides is 2. The minimum atomic E-state index is -1.90. The van der Waals surface area contributed by atoms with Gasteiger partial charge >= 0.3 is 11.9 Å². The third kappa shape index (κ3) is 5.03.